The molecule has 0 aromatic rings. The minimum absolute atomic E-state index is 0. The van der Waals surface area contributed by atoms with Gasteiger partial charge in [0.15, 0.2) is 0 Å². The van der Waals surface area contributed by atoms with Gasteiger partial charge in [0.25, 0.3) is 0 Å². The van der Waals surface area contributed by atoms with E-state index in [0.717, 1.165) is 0 Å². The van der Waals surface area contributed by atoms with Crippen LogP contribution in [0.5, 0.6) is 0 Å². The molecule has 0 aromatic carbocycles. The summed E-state index contributed by atoms with van der Waals surface area (Å²) in [7, 11) is 0. The van der Waals surface area contributed by atoms with Crippen LogP contribution < -0.4 is 0 Å². The third-order valence-electron chi connectivity index (χ3n) is 0. The maximum atomic E-state index is 0. The van der Waals surface area contributed by atoms with Crippen molar-refractivity contribution in [3.05, 3.63) is 0 Å². The molecular weight excluding hydrogens is 291 g/mol. The van der Waals surface area contributed by atoms with Crippen molar-refractivity contribution in [1.29, 1.82) is 0 Å². The summed E-state index contributed by atoms with van der Waals surface area (Å²) in [6.45, 7) is 0. The molecule has 6 nitrogen and oxygen atoms in total. The maximum absolute atomic E-state index is 0. The van der Waals surface area contributed by atoms with Gasteiger partial charge in [-0.15, -0.1) is 0 Å². The van der Waals surface area contributed by atoms with Crippen LogP contribution in [0.3, 0.4) is 0 Å². The Bertz CT molecular complexity index is 4.14. The molecule has 58 valence electrons. The van der Waals surface area contributed by atoms with Gasteiger partial charge >= 0.3 is 0 Å². The standard InChI is InChI=1S/6H2O.Pt/h6*1H2;/p-6. The third-order valence-corrected chi connectivity index (χ3v) is 0. The minimum atomic E-state index is 0. The molecule has 0 heterocycles. The molecule has 0 aliphatic rings. The summed E-state index contributed by atoms with van der Waals surface area (Å²) in [5.74, 6) is 0. The average Bonchev–Trinajstić information content (AvgIpc) is 0. The van der Waals surface area contributed by atoms with Crippen molar-refractivity contribution in [3.63, 3.8) is 0 Å². The van der Waals surface area contributed by atoms with Crippen molar-refractivity contribution in [2.75, 3.05) is 0 Å². The van der Waals surface area contributed by atoms with Gasteiger partial charge in [0.2, 0.25) is 0 Å². The van der Waals surface area contributed by atoms with E-state index in [1.807, 2.05) is 0 Å². The largest absolute Gasteiger partial charge is 0.870 e. The van der Waals surface area contributed by atoms with Crippen molar-refractivity contribution in [3.8, 4) is 0 Å². The summed E-state index contributed by atoms with van der Waals surface area (Å²) in [6, 6.07) is 0. The van der Waals surface area contributed by atoms with Crippen LogP contribution in [0.2, 0.25) is 0 Å². The van der Waals surface area contributed by atoms with Crippen LogP contribution in [-0.4, -0.2) is 32.9 Å². The second-order valence-electron chi connectivity index (χ2n) is 0. The SMILES string of the molecule is [OH-].[OH-].[OH-].[OH-].[OH-].[OH-].[Pt]. The molecule has 0 aromatic heterocycles. The van der Waals surface area contributed by atoms with E-state index >= 15 is 0 Å². The molecule has 0 unspecified atom stereocenters. The van der Waals surface area contributed by atoms with Gasteiger partial charge in [0.1, 0.15) is 0 Å². The quantitative estimate of drug-likeness (QED) is 0.548. The fraction of sp³-hybridized carbons (Fsp3) is 0. The summed E-state index contributed by atoms with van der Waals surface area (Å²) in [4.78, 5) is 0. The van der Waals surface area contributed by atoms with Crippen LogP contribution >= 0.6 is 0 Å². The van der Waals surface area contributed by atoms with Gasteiger partial charge in [-0.3, -0.25) is 0 Å². The first-order valence-corrected chi connectivity index (χ1v) is 0. The molecule has 0 saturated carbocycles. The Balaban J connectivity index is 0. The van der Waals surface area contributed by atoms with Crippen molar-refractivity contribution in [2.45, 2.75) is 0 Å². The first-order valence-electron chi connectivity index (χ1n) is 0. The smallest absolute Gasteiger partial charge is 0 e. The molecule has 0 rings (SSSR count). The number of rotatable bonds is 0. The number of hydrogen-bond donors (Lipinski definition) is 0. The van der Waals surface area contributed by atoms with Crippen molar-refractivity contribution < 1.29 is 53.9 Å². The normalized spacial score (nSPS) is 0. The van der Waals surface area contributed by atoms with E-state index in [1.165, 1.54) is 0 Å². The topological polar surface area (TPSA) is 180 Å². The van der Waals surface area contributed by atoms with Crippen molar-refractivity contribution in [2.24, 2.45) is 0 Å². The molecule has 0 radical (unpaired) electrons. The summed E-state index contributed by atoms with van der Waals surface area (Å²) < 4.78 is 0. The molecule has 7 heavy (non-hydrogen) atoms. The van der Waals surface area contributed by atoms with E-state index in [9.17, 15) is 0 Å². The molecule has 0 fully saturated rings. The van der Waals surface area contributed by atoms with Crippen molar-refractivity contribution in [1.82, 2.24) is 0 Å². The maximum Gasteiger partial charge on any atom is 0 e. The second-order valence-corrected chi connectivity index (χ2v) is 0. The molecule has 0 aliphatic heterocycles. The summed E-state index contributed by atoms with van der Waals surface area (Å²) in [5.41, 5.74) is 0. The Kier molecular flexibility index (Phi) is 210000. The van der Waals surface area contributed by atoms with Crippen LogP contribution in [0.15, 0.2) is 0 Å². The van der Waals surface area contributed by atoms with Crippen LogP contribution in [-0.2, 0) is 21.1 Å². The van der Waals surface area contributed by atoms with Gasteiger partial charge in [-0.05, 0) is 0 Å². The minimum Gasteiger partial charge on any atom is -0.870 e. The zero-order chi connectivity index (χ0) is 0. The molecule has 0 saturated heterocycles. The number of hydrogen-bond acceptors (Lipinski definition) is 6. The van der Waals surface area contributed by atoms with Gasteiger partial charge in [-0.2, -0.15) is 0 Å². The molecule has 6 N–H and O–H groups in total. The van der Waals surface area contributed by atoms with E-state index in [-0.39, 0.29) is 53.9 Å². The molecular formula is H6O6Pt-6. The average molecular weight is 297 g/mol. The Morgan fingerprint density at radius 2 is 0.286 bits per heavy atom. The van der Waals surface area contributed by atoms with Crippen LogP contribution in [0, 0.1) is 0 Å². The second kappa shape index (κ2) is 952. The van der Waals surface area contributed by atoms with Gasteiger partial charge in [0.05, 0.1) is 0 Å². The molecule has 7 heteroatoms. The fourth-order valence-corrected chi connectivity index (χ4v) is 0. The van der Waals surface area contributed by atoms with Gasteiger partial charge in [-0.25, -0.2) is 0 Å². The molecule has 0 atom stereocenters. The summed E-state index contributed by atoms with van der Waals surface area (Å²) in [6.07, 6.45) is 0. The first-order chi connectivity index (χ1) is 0. The van der Waals surface area contributed by atoms with Crippen LogP contribution in [0.25, 0.3) is 0 Å². The zero-order valence-corrected chi connectivity index (χ0v) is 5.27. The van der Waals surface area contributed by atoms with Gasteiger partial charge in [0, 0.05) is 21.1 Å². The Morgan fingerprint density at radius 3 is 0.286 bits per heavy atom. The Morgan fingerprint density at radius 1 is 0.286 bits per heavy atom. The summed E-state index contributed by atoms with van der Waals surface area (Å²) >= 11 is 0. The Labute approximate surface area is 54.6 Å². The summed E-state index contributed by atoms with van der Waals surface area (Å²) in [5, 5.41) is 0. The monoisotopic (exact) mass is 297 g/mol. The van der Waals surface area contributed by atoms with Gasteiger partial charge < -0.3 is 32.9 Å². The predicted octanol–water partition coefficient (Wildman–Crippen LogP) is -1.06. The predicted molar refractivity (Wildman–Crippen MR) is 11.6 cm³/mol. The fourth-order valence-electron chi connectivity index (χ4n) is 0. The van der Waals surface area contributed by atoms with E-state index < -0.39 is 0 Å². The Hall–Kier alpha value is 0.448. The zero-order valence-electron chi connectivity index (χ0n) is 3.00. The molecule has 0 bridgehead atoms. The third kappa shape index (κ3) is 635. The van der Waals surface area contributed by atoms with E-state index in [4.69, 9.17) is 0 Å². The van der Waals surface area contributed by atoms with Crippen LogP contribution in [0.1, 0.15) is 0 Å². The van der Waals surface area contributed by atoms with Crippen LogP contribution in [0.4, 0.5) is 0 Å². The molecule has 0 spiro atoms. The van der Waals surface area contributed by atoms with E-state index in [2.05, 4.69) is 0 Å². The molecule has 0 aliphatic carbocycles. The van der Waals surface area contributed by atoms with E-state index in [0.29, 0.717) is 0 Å². The van der Waals surface area contributed by atoms with Gasteiger partial charge in [-0.1, -0.05) is 0 Å². The van der Waals surface area contributed by atoms with Crippen molar-refractivity contribution >= 4 is 0 Å². The first kappa shape index (κ1) is 1540. The molecule has 0 amide bonds. The van der Waals surface area contributed by atoms with E-state index in [1.54, 1.807) is 0 Å².